The van der Waals surface area contributed by atoms with Gasteiger partial charge in [-0.3, -0.25) is 0 Å². The predicted molar refractivity (Wildman–Crippen MR) is 78.7 cm³/mol. The summed E-state index contributed by atoms with van der Waals surface area (Å²) in [6, 6.07) is 0.386. The zero-order chi connectivity index (χ0) is 14.1. The maximum absolute atomic E-state index is 5.90. The van der Waals surface area contributed by atoms with E-state index >= 15 is 0 Å². The Bertz CT molecular complexity index is 479. The van der Waals surface area contributed by atoms with Crippen LogP contribution >= 0.6 is 0 Å². The number of aromatic nitrogens is 2. The molecule has 5 nitrogen and oxygen atoms in total. The molecule has 110 valence electrons. The Kier molecular flexibility index (Phi) is 3.89. The SMILES string of the molecule is CC1Cc2nc(N3CCCCC3CN)ncc2C(C)O1. The van der Waals surface area contributed by atoms with Crippen LogP contribution in [0.5, 0.6) is 0 Å². The fourth-order valence-electron chi connectivity index (χ4n) is 3.31. The van der Waals surface area contributed by atoms with Gasteiger partial charge in [-0.15, -0.1) is 0 Å². The number of fused-ring (bicyclic) bond motifs is 1. The molecule has 0 aliphatic carbocycles. The van der Waals surface area contributed by atoms with Crippen LogP contribution in [0, 0.1) is 0 Å². The van der Waals surface area contributed by atoms with Gasteiger partial charge in [0.2, 0.25) is 5.95 Å². The topological polar surface area (TPSA) is 64.3 Å². The van der Waals surface area contributed by atoms with Crippen LogP contribution in [-0.4, -0.2) is 35.2 Å². The Morgan fingerprint density at radius 1 is 1.40 bits per heavy atom. The summed E-state index contributed by atoms with van der Waals surface area (Å²) in [5, 5.41) is 0. The quantitative estimate of drug-likeness (QED) is 0.892. The predicted octanol–water partition coefficient (Wildman–Crippen LogP) is 1.82. The maximum Gasteiger partial charge on any atom is 0.225 e. The highest BCUT2D eigenvalue weighted by molar-refractivity contribution is 5.37. The van der Waals surface area contributed by atoms with E-state index in [0.717, 1.165) is 36.6 Å². The van der Waals surface area contributed by atoms with Crippen LogP contribution in [0.1, 0.15) is 50.5 Å². The van der Waals surface area contributed by atoms with Gasteiger partial charge in [-0.05, 0) is 33.1 Å². The molecule has 1 fully saturated rings. The second-order valence-electron chi connectivity index (χ2n) is 5.94. The Hall–Kier alpha value is -1.20. The van der Waals surface area contributed by atoms with Gasteiger partial charge in [0.25, 0.3) is 0 Å². The molecule has 0 amide bonds. The molecule has 2 N–H and O–H groups in total. The van der Waals surface area contributed by atoms with Crippen molar-refractivity contribution in [2.75, 3.05) is 18.0 Å². The monoisotopic (exact) mass is 276 g/mol. The molecular formula is C15H24N4O. The van der Waals surface area contributed by atoms with Crippen LogP contribution in [0.3, 0.4) is 0 Å². The summed E-state index contributed by atoms with van der Waals surface area (Å²) in [5.74, 6) is 0.847. The van der Waals surface area contributed by atoms with Crippen LogP contribution in [0.2, 0.25) is 0 Å². The Labute approximate surface area is 120 Å². The van der Waals surface area contributed by atoms with E-state index in [9.17, 15) is 0 Å². The summed E-state index contributed by atoms with van der Waals surface area (Å²) in [4.78, 5) is 11.7. The van der Waals surface area contributed by atoms with E-state index in [1.54, 1.807) is 0 Å². The average Bonchev–Trinajstić information content (AvgIpc) is 2.46. The normalized spacial score (nSPS) is 30.1. The Morgan fingerprint density at radius 2 is 2.25 bits per heavy atom. The number of hydrogen-bond acceptors (Lipinski definition) is 5. The van der Waals surface area contributed by atoms with Gasteiger partial charge in [0.05, 0.1) is 17.9 Å². The lowest BCUT2D eigenvalue weighted by Crippen LogP contribution is -2.45. The Morgan fingerprint density at radius 3 is 3.05 bits per heavy atom. The molecule has 2 aliphatic heterocycles. The third-order valence-electron chi connectivity index (χ3n) is 4.40. The molecule has 0 aromatic carbocycles. The molecule has 0 saturated carbocycles. The first kappa shape index (κ1) is 13.8. The highest BCUT2D eigenvalue weighted by Gasteiger charge is 2.27. The zero-order valence-corrected chi connectivity index (χ0v) is 12.4. The van der Waals surface area contributed by atoms with Crippen LogP contribution in [0.25, 0.3) is 0 Å². The van der Waals surface area contributed by atoms with E-state index in [4.69, 9.17) is 15.5 Å². The zero-order valence-electron chi connectivity index (χ0n) is 12.4. The van der Waals surface area contributed by atoms with Crippen LogP contribution in [-0.2, 0) is 11.2 Å². The summed E-state index contributed by atoms with van der Waals surface area (Å²) >= 11 is 0. The van der Waals surface area contributed by atoms with Crippen molar-refractivity contribution >= 4 is 5.95 Å². The number of piperidine rings is 1. The number of nitrogens with zero attached hydrogens (tertiary/aromatic N) is 3. The first-order valence-electron chi connectivity index (χ1n) is 7.67. The van der Waals surface area contributed by atoms with Gasteiger partial charge in [-0.25, -0.2) is 9.97 Å². The number of hydrogen-bond donors (Lipinski definition) is 1. The molecule has 3 heterocycles. The summed E-state index contributed by atoms with van der Waals surface area (Å²) in [5.41, 5.74) is 8.17. The fraction of sp³-hybridized carbons (Fsp3) is 0.733. The lowest BCUT2D eigenvalue weighted by molar-refractivity contribution is -0.00619. The first-order chi connectivity index (χ1) is 9.69. The van der Waals surface area contributed by atoms with Gasteiger partial charge >= 0.3 is 0 Å². The first-order valence-corrected chi connectivity index (χ1v) is 7.67. The lowest BCUT2D eigenvalue weighted by atomic mass is 10.0. The second kappa shape index (κ2) is 5.66. The molecule has 2 aliphatic rings. The van der Waals surface area contributed by atoms with E-state index in [2.05, 4.69) is 23.7 Å². The minimum Gasteiger partial charge on any atom is -0.370 e. The van der Waals surface area contributed by atoms with Gasteiger partial charge in [-0.2, -0.15) is 0 Å². The number of anilines is 1. The van der Waals surface area contributed by atoms with Gasteiger partial charge in [-0.1, -0.05) is 0 Å². The molecule has 5 heteroatoms. The summed E-state index contributed by atoms with van der Waals surface area (Å²) in [6.45, 7) is 5.87. The molecule has 3 rings (SSSR count). The highest BCUT2D eigenvalue weighted by Crippen LogP contribution is 2.30. The van der Waals surface area contributed by atoms with Crippen molar-refractivity contribution in [3.8, 4) is 0 Å². The van der Waals surface area contributed by atoms with E-state index < -0.39 is 0 Å². The van der Waals surface area contributed by atoms with Gasteiger partial charge in [0.1, 0.15) is 0 Å². The number of nitrogens with two attached hydrogens (primary N) is 1. The molecule has 1 aromatic heterocycles. The van der Waals surface area contributed by atoms with Crippen molar-refractivity contribution in [2.45, 2.75) is 57.8 Å². The van der Waals surface area contributed by atoms with Crippen LogP contribution in [0.4, 0.5) is 5.95 Å². The third kappa shape index (κ3) is 2.52. The molecule has 20 heavy (non-hydrogen) atoms. The standard InChI is InChI=1S/C15H24N4O/c1-10-7-14-13(11(2)20-10)9-17-15(18-14)19-6-4-3-5-12(19)8-16/h9-12H,3-8,16H2,1-2H3. The highest BCUT2D eigenvalue weighted by atomic mass is 16.5. The molecule has 1 saturated heterocycles. The number of rotatable bonds is 2. The van der Waals surface area contributed by atoms with Gasteiger partial charge in [0.15, 0.2) is 0 Å². The molecular weight excluding hydrogens is 252 g/mol. The van der Waals surface area contributed by atoms with Crippen molar-refractivity contribution < 1.29 is 4.74 Å². The summed E-state index contributed by atoms with van der Waals surface area (Å²) < 4.78 is 5.83. The van der Waals surface area contributed by atoms with Crippen molar-refractivity contribution in [1.82, 2.24) is 9.97 Å². The molecule has 0 spiro atoms. The number of ether oxygens (including phenoxy) is 1. The van der Waals surface area contributed by atoms with Crippen molar-refractivity contribution in [3.63, 3.8) is 0 Å². The minimum atomic E-state index is 0.0921. The Balaban J connectivity index is 1.89. The summed E-state index contributed by atoms with van der Waals surface area (Å²) in [7, 11) is 0. The molecule has 0 bridgehead atoms. The van der Waals surface area contributed by atoms with Crippen LogP contribution < -0.4 is 10.6 Å². The van der Waals surface area contributed by atoms with Crippen molar-refractivity contribution in [2.24, 2.45) is 5.73 Å². The van der Waals surface area contributed by atoms with Gasteiger partial charge in [0, 0.05) is 37.3 Å². The summed E-state index contributed by atoms with van der Waals surface area (Å²) in [6.07, 6.45) is 6.74. The maximum atomic E-state index is 5.90. The van der Waals surface area contributed by atoms with E-state index in [-0.39, 0.29) is 12.2 Å². The fourth-order valence-corrected chi connectivity index (χ4v) is 3.31. The molecule has 3 unspecified atom stereocenters. The molecule has 1 aromatic rings. The smallest absolute Gasteiger partial charge is 0.225 e. The van der Waals surface area contributed by atoms with Gasteiger partial charge < -0.3 is 15.4 Å². The van der Waals surface area contributed by atoms with E-state index in [1.165, 1.54) is 12.8 Å². The van der Waals surface area contributed by atoms with E-state index in [0.29, 0.717) is 12.6 Å². The average molecular weight is 276 g/mol. The van der Waals surface area contributed by atoms with Crippen molar-refractivity contribution in [3.05, 3.63) is 17.5 Å². The second-order valence-corrected chi connectivity index (χ2v) is 5.94. The molecule has 3 atom stereocenters. The minimum absolute atomic E-state index is 0.0921. The molecule has 0 radical (unpaired) electrons. The van der Waals surface area contributed by atoms with E-state index in [1.807, 2.05) is 6.20 Å². The third-order valence-corrected chi connectivity index (χ3v) is 4.40. The largest absolute Gasteiger partial charge is 0.370 e. The van der Waals surface area contributed by atoms with Crippen LogP contribution in [0.15, 0.2) is 6.20 Å². The van der Waals surface area contributed by atoms with Crippen molar-refractivity contribution in [1.29, 1.82) is 0 Å². The lowest BCUT2D eigenvalue weighted by Gasteiger charge is -2.36.